The quantitative estimate of drug-likeness (QED) is 0.872. The van der Waals surface area contributed by atoms with Gasteiger partial charge in [0.2, 0.25) is 5.91 Å². The van der Waals surface area contributed by atoms with Crippen LogP contribution in [0.1, 0.15) is 58.4 Å². The molecule has 6 nitrogen and oxygen atoms in total. The molecule has 1 amide bonds. The lowest BCUT2D eigenvalue weighted by Crippen LogP contribution is -2.48. The molecule has 2 heterocycles. The smallest absolute Gasteiger partial charge is 0.239 e. The van der Waals surface area contributed by atoms with E-state index in [0.717, 1.165) is 38.0 Å². The van der Waals surface area contributed by atoms with Crippen LogP contribution in [0, 0.1) is 0 Å². The zero-order valence-electron chi connectivity index (χ0n) is 14.2. The third kappa shape index (κ3) is 3.75. The SMILES string of the molecule is CC(C)(O)C1CCCN1CC(=O)Nc1ccnn1C1CCCC1. The van der Waals surface area contributed by atoms with Crippen molar-refractivity contribution in [3.63, 3.8) is 0 Å². The summed E-state index contributed by atoms with van der Waals surface area (Å²) in [5, 5.41) is 17.6. The average molecular weight is 320 g/mol. The van der Waals surface area contributed by atoms with Crippen molar-refractivity contribution in [3.8, 4) is 0 Å². The van der Waals surface area contributed by atoms with Gasteiger partial charge in [-0.05, 0) is 46.1 Å². The topological polar surface area (TPSA) is 70.4 Å². The maximum atomic E-state index is 12.4. The van der Waals surface area contributed by atoms with Gasteiger partial charge >= 0.3 is 0 Å². The molecule has 0 aromatic carbocycles. The molecule has 0 radical (unpaired) electrons. The van der Waals surface area contributed by atoms with Crippen molar-refractivity contribution in [3.05, 3.63) is 12.3 Å². The molecule has 1 aliphatic heterocycles. The summed E-state index contributed by atoms with van der Waals surface area (Å²) in [7, 11) is 0. The first-order chi connectivity index (χ1) is 10.9. The molecule has 1 unspecified atom stereocenters. The summed E-state index contributed by atoms with van der Waals surface area (Å²) < 4.78 is 1.96. The van der Waals surface area contributed by atoms with Gasteiger partial charge in [0.05, 0.1) is 24.4 Å². The Bertz CT molecular complexity index is 543. The second-order valence-corrected chi connectivity index (χ2v) is 7.43. The fourth-order valence-corrected chi connectivity index (χ4v) is 4.04. The Kier molecular flexibility index (Phi) is 4.73. The van der Waals surface area contributed by atoms with Gasteiger partial charge in [-0.3, -0.25) is 9.69 Å². The van der Waals surface area contributed by atoms with Crippen LogP contribution in [0.2, 0.25) is 0 Å². The molecular weight excluding hydrogens is 292 g/mol. The van der Waals surface area contributed by atoms with Crippen LogP contribution in [0.25, 0.3) is 0 Å². The van der Waals surface area contributed by atoms with Crippen molar-refractivity contribution in [1.29, 1.82) is 0 Å². The van der Waals surface area contributed by atoms with Gasteiger partial charge < -0.3 is 10.4 Å². The molecule has 0 spiro atoms. The van der Waals surface area contributed by atoms with E-state index in [1.165, 1.54) is 12.8 Å². The number of likely N-dealkylation sites (tertiary alicyclic amines) is 1. The van der Waals surface area contributed by atoms with Crippen LogP contribution in [0.15, 0.2) is 12.3 Å². The molecule has 1 aliphatic carbocycles. The highest BCUT2D eigenvalue weighted by atomic mass is 16.3. The normalized spacial score (nSPS) is 23.5. The summed E-state index contributed by atoms with van der Waals surface area (Å²) in [5.74, 6) is 0.766. The van der Waals surface area contributed by atoms with E-state index < -0.39 is 5.60 Å². The third-order valence-corrected chi connectivity index (χ3v) is 5.13. The minimum absolute atomic E-state index is 0.0269. The zero-order valence-corrected chi connectivity index (χ0v) is 14.2. The Labute approximate surface area is 137 Å². The van der Waals surface area contributed by atoms with Crippen LogP contribution >= 0.6 is 0 Å². The molecule has 1 aromatic heterocycles. The predicted molar refractivity (Wildman–Crippen MR) is 89.3 cm³/mol. The Morgan fingerprint density at radius 3 is 2.78 bits per heavy atom. The van der Waals surface area contributed by atoms with Gasteiger partial charge in [0.15, 0.2) is 0 Å². The maximum Gasteiger partial charge on any atom is 0.239 e. The van der Waals surface area contributed by atoms with E-state index in [4.69, 9.17) is 0 Å². The summed E-state index contributed by atoms with van der Waals surface area (Å²) in [6, 6.07) is 2.33. The standard InChI is InChI=1S/C17H28N4O2/c1-17(2,23)14-8-5-11-20(14)12-16(22)19-15-9-10-18-21(15)13-6-3-4-7-13/h9-10,13-14,23H,3-8,11-12H2,1-2H3,(H,19,22). The lowest BCUT2D eigenvalue weighted by Gasteiger charge is -2.33. The summed E-state index contributed by atoms with van der Waals surface area (Å²) in [4.78, 5) is 14.5. The number of nitrogens with one attached hydrogen (secondary N) is 1. The fraction of sp³-hybridized carbons (Fsp3) is 0.765. The Morgan fingerprint density at radius 2 is 2.09 bits per heavy atom. The van der Waals surface area contributed by atoms with Crippen molar-refractivity contribution in [2.45, 2.75) is 70.1 Å². The van der Waals surface area contributed by atoms with E-state index in [2.05, 4.69) is 15.3 Å². The van der Waals surface area contributed by atoms with Gasteiger partial charge in [-0.1, -0.05) is 12.8 Å². The number of carbonyl (C=O) groups is 1. The number of hydrogen-bond donors (Lipinski definition) is 2. The monoisotopic (exact) mass is 320 g/mol. The van der Waals surface area contributed by atoms with Gasteiger partial charge in [0.25, 0.3) is 0 Å². The van der Waals surface area contributed by atoms with Crippen molar-refractivity contribution in [1.82, 2.24) is 14.7 Å². The molecule has 128 valence electrons. The first-order valence-electron chi connectivity index (χ1n) is 8.75. The highest BCUT2D eigenvalue weighted by molar-refractivity contribution is 5.91. The minimum atomic E-state index is -0.775. The van der Waals surface area contributed by atoms with Crippen LogP contribution in [-0.2, 0) is 4.79 Å². The van der Waals surface area contributed by atoms with Crippen LogP contribution in [0.3, 0.4) is 0 Å². The van der Waals surface area contributed by atoms with Crippen LogP contribution in [-0.4, -0.2) is 50.4 Å². The number of rotatable bonds is 5. The molecule has 2 fully saturated rings. The predicted octanol–water partition coefficient (Wildman–Crippen LogP) is 2.17. The highest BCUT2D eigenvalue weighted by Gasteiger charge is 2.36. The molecule has 3 rings (SSSR count). The van der Waals surface area contributed by atoms with Crippen molar-refractivity contribution < 1.29 is 9.90 Å². The maximum absolute atomic E-state index is 12.4. The number of amides is 1. The Hall–Kier alpha value is -1.40. The molecular formula is C17H28N4O2. The number of anilines is 1. The van der Waals surface area contributed by atoms with Gasteiger partial charge in [-0.15, -0.1) is 0 Å². The molecule has 1 aromatic rings. The van der Waals surface area contributed by atoms with Gasteiger partial charge in [0, 0.05) is 12.1 Å². The number of aromatic nitrogens is 2. The van der Waals surface area contributed by atoms with E-state index in [1.807, 2.05) is 24.6 Å². The summed E-state index contributed by atoms with van der Waals surface area (Å²) >= 11 is 0. The van der Waals surface area contributed by atoms with E-state index in [1.54, 1.807) is 6.20 Å². The van der Waals surface area contributed by atoms with Crippen LogP contribution in [0.4, 0.5) is 5.82 Å². The fourth-order valence-electron chi connectivity index (χ4n) is 4.04. The largest absolute Gasteiger partial charge is 0.389 e. The van der Waals surface area contributed by atoms with Gasteiger partial charge in [-0.2, -0.15) is 5.10 Å². The minimum Gasteiger partial charge on any atom is -0.389 e. The molecule has 23 heavy (non-hydrogen) atoms. The molecule has 6 heteroatoms. The number of nitrogens with zero attached hydrogens (tertiary/aromatic N) is 3. The number of hydrogen-bond acceptors (Lipinski definition) is 4. The first-order valence-corrected chi connectivity index (χ1v) is 8.75. The van der Waals surface area contributed by atoms with Crippen molar-refractivity contribution in [2.75, 3.05) is 18.4 Å². The van der Waals surface area contributed by atoms with E-state index in [-0.39, 0.29) is 11.9 Å². The van der Waals surface area contributed by atoms with Crippen LogP contribution < -0.4 is 5.32 Å². The first kappa shape index (κ1) is 16.5. The Balaban J connectivity index is 1.61. The van der Waals surface area contributed by atoms with Crippen molar-refractivity contribution >= 4 is 11.7 Å². The summed E-state index contributed by atoms with van der Waals surface area (Å²) in [6.45, 7) is 4.83. The highest BCUT2D eigenvalue weighted by Crippen LogP contribution is 2.31. The molecule has 2 N–H and O–H groups in total. The van der Waals surface area contributed by atoms with Gasteiger partial charge in [-0.25, -0.2) is 4.68 Å². The van der Waals surface area contributed by atoms with Crippen molar-refractivity contribution in [2.24, 2.45) is 0 Å². The third-order valence-electron chi connectivity index (χ3n) is 5.13. The molecule has 2 aliphatic rings. The van der Waals surface area contributed by atoms with Gasteiger partial charge in [0.1, 0.15) is 5.82 Å². The van der Waals surface area contributed by atoms with E-state index in [9.17, 15) is 9.90 Å². The second kappa shape index (κ2) is 6.61. The lowest BCUT2D eigenvalue weighted by atomic mass is 9.97. The molecule has 1 atom stereocenters. The second-order valence-electron chi connectivity index (χ2n) is 7.43. The molecule has 0 bridgehead atoms. The number of carbonyl (C=O) groups excluding carboxylic acids is 1. The average Bonchev–Trinajstić information content (AvgIpc) is 3.17. The summed E-state index contributed by atoms with van der Waals surface area (Å²) in [6.07, 6.45) is 8.47. The lowest BCUT2D eigenvalue weighted by molar-refractivity contribution is -0.118. The van der Waals surface area contributed by atoms with E-state index in [0.29, 0.717) is 12.6 Å². The molecule has 1 saturated carbocycles. The summed E-state index contributed by atoms with van der Waals surface area (Å²) in [5.41, 5.74) is -0.775. The Morgan fingerprint density at radius 1 is 1.35 bits per heavy atom. The van der Waals surface area contributed by atoms with E-state index >= 15 is 0 Å². The zero-order chi connectivity index (χ0) is 16.4. The molecule has 1 saturated heterocycles. The number of aliphatic hydroxyl groups is 1. The van der Waals surface area contributed by atoms with Crippen LogP contribution in [0.5, 0.6) is 0 Å².